The van der Waals surface area contributed by atoms with Gasteiger partial charge in [0.1, 0.15) is 5.82 Å². The first-order valence-corrected chi connectivity index (χ1v) is 4.40. The lowest BCUT2D eigenvalue weighted by atomic mass is 10.1. The second-order valence-electron chi connectivity index (χ2n) is 2.84. The molecule has 0 heterocycles. The zero-order chi connectivity index (χ0) is 10.4. The van der Waals surface area contributed by atoms with E-state index in [1.54, 1.807) is 12.1 Å². The average Bonchev–Trinajstić information content (AvgIpc) is 2.18. The molecule has 0 bridgehead atoms. The molecule has 0 radical (unpaired) electrons. The van der Waals surface area contributed by atoms with Crippen molar-refractivity contribution in [3.8, 4) is 11.8 Å². The van der Waals surface area contributed by atoms with Gasteiger partial charge >= 0.3 is 0 Å². The summed E-state index contributed by atoms with van der Waals surface area (Å²) in [5.74, 6) is 5.41. The van der Waals surface area contributed by atoms with Crippen molar-refractivity contribution >= 4 is 0 Å². The van der Waals surface area contributed by atoms with E-state index in [4.69, 9.17) is 5.73 Å². The number of hydrogen-bond acceptors (Lipinski definition) is 2. The summed E-state index contributed by atoms with van der Waals surface area (Å²) in [5.41, 5.74) is 6.53. The zero-order valence-corrected chi connectivity index (χ0v) is 8.10. The first-order valence-electron chi connectivity index (χ1n) is 4.40. The van der Waals surface area contributed by atoms with Gasteiger partial charge in [-0.15, -0.1) is 0 Å². The highest BCUT2D eigenvalue weighted by molar-refractivity contribution is 5.37. The number of rotatable bonds is 2. The minimum Gasteiger partial charge on any atom is -0.326 e. The topological polar surface area (TPSA) is 38.0 Å². The van der Waals surface area contributed by atoms with Gasteiger partial charge in [0.2, 0.25) is 0 Å². The number of hydrogen-bond donors (Lipinski definition) is 2. The summed E-state index contributed by atoms with van der Waals surface area (Å²) in [7, 11) is 1.81. The predicted octanol–water partition coefficient (Wildman–Crippen LogP) is 0.855. The molecule has 0 aromatic heterocycles. The van der Waals surface area contributed by atoms with Crippen molar-refractivity contribution in [2.75, 3.05) is 13.6 Å². The largest absolute Gasteiger partial charge is 0.326 e. The molecule has 0 atom stereocenters. The van der Waals surface area contributed by atoms with Crippen LogP contribution >= 0.6 is 0 Å². The second kappa shape index (κ2) is 5.38. The summed E-state index contributed by atoms with van der Waals surface area (Å²) >= 11 is 0. The molecule has 1 aromatic carbocycles. The lowest BCUT2D eigenvalue weighted by molar-refractivity contribution is 0.610. The zero-order valence-electron chi connectivity index (χ0n) is 8.10. The smallest absolute Gasteiger partial charge is 0.128 e. The van der Waals surface area contributed by atoms with Crippen LogP contribution in [0.2, 0.25) is 0 Å². The molecule has 0 unspecified atom stereocenters. The van der Waals surface area contributed by atoms with Crippen molar-refractivity contribution < 1.29 is 4.39 Å². The van der Waals surface area contributed by atoms with Gasteiger partial charge in [0, 0.05) is 17.7 Å². The Morgan fingerprint density at radius 3 is 2.86 bits per heavy atom. The van der Waals surface area contributed by atoms with Crippen LogP contribution in [0.25, 0.3) is 0 Å². The lowest BCUT2D eigenvalue weighted by Gasteiger charge is -1.98. The van der Waals surface area contributed by atoms with Gasteiger partial charge in [-0.2, -0.15) is 0 Å². The molecule has 0 amide bonds. The van der Waals surface area contributed by atoms with Crippen LogP contribution in [0.3, 0.4) is 0 Å². The standard InChI is InChI=1S/C11H13FN2/c1-14-6-2-3-9-4-5-10(8-13)11(12)7-9/h4-5,7,14H,6,8,13H2,1H3. The van der Waals surface area contributed by atoms with Crippen molar-refractivity contribution in [2.45, 2.75) is 6.54 Å². The molecule has 0 fully saturated rings. The normalized spacial score (nSPS) is 9.36. The van der Waals surface area contributed by atoms with Crippen LogP contribution in [0.15, 0.2) is 18.2 Å². The fourth-order valence-corrected chi connectivity index (χ4v) is 1.03. The first kappa shape index (κ1) is 10.7. The maximum absolute atomic E-state index is 13.2. The maximum Gasteiger partial charge on any atom is 0.128 e. The van der Waals surface area contributed by atoms with E-state index in [0.717, 1.165) is 0 Å². The van der Waals surface area contributed by atoms with Crippen LogP contribution in [-0.2, 0) is 6.54 Å². The molecular formula is C11H13FN2. The number of halogens is 1. The Morgan fingerprint density at radius 1 is 1.50 bits per heavy atom. The Bertz CT molecular complexity index is 363. The maximum atomic E-state index is 13.2. The van der Waals surface area contributed by atoms with Crippen molar-refractivity contribution in [2.24, 2.45) is 5.73 Å². The molecule has 0 saturated heterocycles. The monoisotopic (exact) mass is 192 g/mol. The summed E-state index contributed by atoms with van der Waals surface area (Å²) in [6.45, 7) is 0.816. The Hall–Kier alpha value is -1.37. The third kappa shape index (κ3) is 2.84. The summed E-state index contributed by atoms with van der Waals surface area (Å²) in [5, 5.41) is 2.89. The van der Waals surface area contributed by atoms with Crippen LogP contribution in [0.4, 0.5) is 4.39 Å². The average molecular weight is 192 g/mol. The van der Waals surface area contributed by atoms with E-state index in [-0.39, 0.29) is 12.4 Å². The van der Waals surface area contributed by atoms with Crippen molar-refractivity contribution in [3.63, 3.8) is 0 Å². The number of nitrogens with two attached hydrogens (primary N) is 1. The summed E-state index contributed by atoms with van der Waals surface area (Å²) in [6.07, 6.45) is 0. The molecular weight excluding hydrogens is 179 g/mol. The van der Waals surface area contributed by atoms with Crippen LogP contribution in [0.5, 0.6) is 0 Å². The van der Waals surface area contributed by atoms with Crippen molar-refractivity contribution in [1.82, 2.24) is 5.32 Å². The van der Waals surface area contributed by atoms with Gasteiger partial charge in [0.15, 0.2) is 0 Å². The molecule has 0 aliphatic carbocycles. The highest BCUT2D eigenvalue weighted by Crippen LogP contribution is 2.08. The molecule has 0 spiro atoms. The van der Waals surface area contributed by atoms with E-state index in [1.807, 2.05) is 7.05 Å². The summed E-state index contributed by atoms with van der Waals surface area (Å²) in [6, 6.07) is 4.84. The molecule has 3 N–H and O–H groups in total. The number of benzene rings is 1. The lowest BCUT2D eigenvalue weighted by Crippen LogP contribution is -2.04. The fourth-order valence-electron chi connectivity index (χ4n) is 1.03. The minimum atomic E-state index is -0.288. The molecule has 0 aliphatic rings. The summed E-state index contributed by atoms with van der Waals surface area (Å²) < 4.78 is 13.2. The van der Waals surface area contributed by atoms with Gasteiger partial charge in [-0.3, -0.25) is 0 Å². The van der Waals surface area contributed by atoms with Crippen molar-refractivity contribution in [1.29, 1.82) is 0 Å². The van der Waals surface area contributed by atoms with Gasteiger partial charge in [0.05, 0.1) is 6.54 Å². The third-order valence-electron chi connectivity index (χ3n) is 1.77. The highest BCUT2D eigenvalue weighted by atomic mass is 19.1. The molecule has 2 nitrogen and oxygen atoms in total. The molecule has 1 rings (SSSR count). The fraction of sp³-hybridized carbons (Fsp3) is 0.273. The van der Waals surface area contributed by atoms with E-state index >= 15 is 0 Å². The molecule has 1 aromatic rings. The highest BCUT2D eigenvalue weighted by Gasteiger charge is 1.99. The van der Waals surface area contributed by atoms with Crippen molar-refractivity contribution in [3.05, 3.63) is 35.1 Å². The van der Waals surface area contributed by atoms with Gasteiger partial charge in [-0.05, 0) is 19.2 Å². The minimum absolute atomic E-state index is 0.218. The van der Waals surface area contributed by atoms with Gasteiger partial charge < -0.3 is 11.1 Å². The van der Waals surface area contributed by atoms with E-state index in [2.05, 4.69) is 17.2 Å². The van der Waals surface area contributed by atoms with Gasteiger partial charge in [-0.1, -0.05) is 17.9 Å². The van der Waals surface area contributed by atoms with E-state index < -0.39 is 0 Å². The van der Waals surface area contributed by atoms with Gasteiger partial charge in [-0.25, -0.2) is 4.39 Å². The third-order valence-corrected chi connectivity index (χ3v) is 1.77. The van der Waals surface area contributed by atoms with Crippen LogP contribution in [0, 0.1) is 17.7 Å². The quantitative estimate of drug-likeness (QED) is 0.682. The molecule has 0 saturated carbocycles. The molecule has 3 heteroatoms. The van der Waals surface area contributed by atoms with Crippen LogP contribution in [-0.4, -0.2) is 13.6 Å². The molecule has 74 valence electrons. The van der Waals surface area contributed by atoms with E-state index in [1.165, 1.54) is 6.07 Å². The molecule has 0 aliphatic heterocycles. The van der Waals surface area contributed by atoms with Gasteiger partial charge in [0.25, 0.3) is 0 Å². The van der Waals surface area contributed by atoms with E-state index in [9.17, 15) is 4.39 Å². The Kier molecular flexibility index (Phi) is 4.11. The number of nitrogens with one attached hydrogen (secondary N) is 1. The summed E-state index contributed by atoms with van der Waals surface area (Å²) in [4.78, 5) is 0. The van der Waals surface area contributed by atoms with Crippen LogP contribution in [0.1, 0.15) is 11.1 Å². The van der Waals surface area contributed by atoms with E-state index in [0.29, 0.717) is 17.7 Å². The Morgan fingerprint density at radius 2 is 2.29 bits per heavy atom. The second-order valence-corrected chi connectivity index (χ2v) is 2.84. The Labute approximate surface area is 83.3 Å². The SMILES string of the molecule is CNCC#Cc1ccc(CN)c(F)c1. The first-order chi connectivity index (χ1) is 6.77. The Balaban J connectivity index is 2.82. The predicted molar refractivity (Wildman–Crippen MR) is 55.1 cm³/mol. The molecule has 14 heavy (non-hydrogen) atoms. The van der Waals surface area contributed by atoms with Crippen LogP contribution < -0.4 is 11.1 Å².